The van der Waals surface area contributed by atoms with Crippen molar-refractivity contribution in [3.05, 3.63) is 45.1 Å². The van der Waals surface area contributed by atoms with Gasteiger partial charge in [-0.05, 0) is 46.6 Å². The highest BCUT2D eigenvalue weighted by Gasteiger charge is 2.17. The lowest BCUT2D eigenvalue weighted by Gasteiger charge is -2.12. The predicted octanol–water partition coefficient (Wildman–Crippen LogP) is 3.81. The molecule has 7 heteroatoms. The Balaban J connectivity index is 2.16. The number of hydrogen-bond donors (Lipinski definition) is 2. The van der Waals surface area contributed by atoms with Crippen molar-refractivity contribution >= 4 is 43.0 Å². The van der Waals surface area contributed by atoms with Gasteiger partial charge in [0.25, 0.3) is 0 Å². The molecule has 1 aromatic heterocycles. The lowest BCUT2D eigenvalue weighted by molar-refractivity contribution is 0.581. The van der Waals surface area contributed by atoms with Crippen LogP contribution in [0, 0.1) is 0 Å². The molecule has 0 saturated heterocycles. The fraction of sp³-hybridized carbons (Fsp3) is 0.286. The van der Waals surface area contributed by atoms with Gasteiger partial charge in [-0.1, -0.05) is 19.1 Å². The zero-order valence-electron chi connectivity index (χ0n) is 11.6. The Hall–Kier alpha value is -0.890. The van der Waals surface area contributed by atoms with E-state index in [0.29, 0.717) is 18.8 Å². The van der Waals surface area contributed by atoms with Crippen molar-refractivity contribution in [1.82, 2.24) is 4.72 Å². The average molecular weight is 389 g/mol. The van der Waals surface area contributed by atoms with E-state index in [1.54, 1.807) is 29.5 Å². The minimum absolute atomic E-state index is 0.286. The summed E-state index contributed by atoms with van der Waals surface area (Å²) in [6, 6.07) is 10.9. The molecular weight excluding hydrogens is 372 g/mol. The summed E-state index contributed by atoms with van der Waals surface area (Å²) < 4.78 is 28.2. The van der Waals surface area contributed by atoms with Crippen LogP contribution in [-0.4, -0.2) is 15.0 Å². The number of para-hydroxylation sites is 1. The molecule has 2 aromatic rings. The summed E-state index contributed by atoms with van der Waals surface area (Å²) in [7, 11) is -3.47. The van der Waals surface area contributed by atoms with Gasteiger partial charge in [0.1, 0.15) is 4.90 Å². The van der Waals surface area contributed by atoms with Crippen LogP contribution in [0.4, 0.5) is 5.69 Å². The molecule has 2 rings (SSSR count). The summed E-state index contributed by atoms with van der Waals surface area (Å²) in [5.41, 5.74) is 0.616. The van der Waals surface area contributed by atoms with E-state index < -0.39 is 10.0 Å². The largest absolute Gasteiger partial charge is 0.379 e. The Morgan fingerprint density at radius 3 is 2.62 bits per heavy atom. The molecule has 0 radical (unpaired) electrons. The van der Waals surface area contributed by atoms with Gasteiger partial charge < -0.3 is 5.32 Å². The summed E-state index contributed by atoms with van der Waals surface area (Å²) in [4.78, 5) is 1.42. The van der Waals surface area contributed by atoms with E-state index in [2.05, 4.69) is 26.0 Å². The highest BCUT2D eigenvalue weighted by Crippen LogP contribution is 2.25. The molecule has 0 unspecified atom stereocenters. The fourth-order valence-electron chi connectivity index (χ4n) is 1.79. The van der Waals surface area contributed by atoms with Crippen LogP contribution in [0.5, 0.6) is 0 Å². The predicted molar refractivity (Wildman–Crippen MR) is 91.3 cm³/mol. The second-order valence-electron chi connectivity index (χ2n) is 4.45. The van der Waals surface area contributed by atoms with E-state index in [1.165, 1.54) is 0 Å². The summed E-state index contributed by atoms with van der Waals surface area (Å²) in [6.07, 6.45) is 0.762. The molecule has 0 atom stereocenters. The number of hydrogen-bond acceptors (Lipinski definition) is 4. The average Bonchev–Trinajstić information content (AvgIpc) is 2.89. The van der Waals surface area contributed by atoms with Crippen molar-refractivity contribution < 1.29 is 8.42 Å². The molecule has 21 heavy (non-hydrogen) atoms. The van der Waals surface area contributed by atoms with Crippen molar-refractivity contribution in [3.63, 3.8) is 0 Å². The van der Waals surface area contributed by atoms with Crippen LogP contribution in [0.2, 0.25) is 0 Å². The van der Waals surface area contributed by atoms with Crippen molar-refractivity contribution in [3.8, 4) is 0 Å². The zero-order valence-corrected chi connectivity index (χ0v) is 14.8. The Morgan fingerprint density at radius 1 is 1.19 bits per heavy atom. The van der Waals surface area contributed by atoms with Crippen molar-refractivity contribution in [2.75, 3.05) is 11.9 Å². The normalized spacial score (nSPS) is 11.5. The molecule has 0 aliphatic rings. The molecule has 114 valence electrons. The van der Waals surface area contributed by atoms with Crippen LogP contribution in [0.1, 0.15) is 18.2 Å². The summed E-state index contributed by atoms with van der Waals surface area (Å²) >= 11 is 5.04. The van der Waals surface area contributed by atoms with Gasteiger partial charge in [-0.25, -0.2) is 13.1 Å². The topological polar surface area (TPSA) is 58.2 Å². The Bertz CT molecular complexity index is 699. The number of halogens is 1. The van der Waals surface area contributed by atoms with E-state index in [1.807, 2.05) is 25.1 Å². The molecule has 0 amide bonds. The SMILES string of the molecule is CCCNS(=O)(=O)c1ccccc1NCc1ccc(Br)s1. The quantitative estimate of drug-likeness (QED) is 0.757. The Kier molecular flexibility index (Phi) is 5.80. The molecule has 0 aliphatic heterocycles. The molecule has 1 heterocycles. The van der Waals surface area contributed by atoms with E-state index in [0.717, 1.165) is 15.1 Å². The van der Waals surface area contributed by atoms with Gasteiger partial charge in [-0.15, -0.1) is 11.3 Å². The molecule has 0 saturated carbocycles. The third kappa shape index (κ3) is 4.54. The third-order valence-corrected chi connectivity index (χ3v) is 5.94. The number of thiophene rings is 1. The van der Waals surface area contributed by atoms with Crippen molar-refractivity contribution in [1.29, 1.82) is 0 Å². The maximum atomic E-state index is 12.3. The van der Waals surface area contributed by atoms with Gasteiger partial charge in [-0.3, -0.25) is 0 Å². The minimum atomic E-state index is -3.47. The Labute approximate surface area is 137 Å². The number of rotatable bonds is 7. The van der Waals surface area contributed by atoms with Gasteiger partial charge in [0.15, 0.2) is 0 Å². The maximum Gasteiger partial charge on any atom is 0.242 e. The standard InChI is InChI=1S/C14H17BrN2O2S2/c1-2-9-17-21(18,19)13-6-4-3-5-12(13)16-10-11-7-8-14(15)20-11/h3-8,16-17H,2,9-10H2,1H3. The number of anilines is 1. The number of sulfonamides is 1. The first-order valence-electron chi connectivity index (χ1n) is 6.59. The van der Waals surface area contributed by atoms with Gasteiger partial charge in [0.2, 0.25) is 10.0 Å². The summed E-state index contributed by atoms with van der Waals surface area (Å²) in [6.45, 7) is 2.96. The highest BCUT2D eigenvalue weighted by molar-refractivity contribution is 9.11. The van der Waals surface area contributed by atoms with E-state index in [9.17, 15) is 8.42 Å². The van der Waals surface area contributed by atoms with Crippen LogP contribution in [0.3, 0.4) is 0 Å². The summed E-state index contributed by atoms with van der Waals surface area (Å²) in [5.74, 6) is 0. The number of benzene rings is 1. The van der Waals surface area contributed by atoms with Crippen LogP contribution in [0.25, 0.3) is 0 Å². The van der Waals surface area contributed by atoms with Crippen LogP contribution in [0.15, 0.2) is 45.1 Å². The van der Waals surface area contributed by atoms with E-state index in [4.69, 9.17) is 0 Å². The molecule has 4 nitrogen and oxygen atoms in total. The monoisotopic (exact) mass is 388 g/mol. The number of nitrogens with one attached hydrogen (secondary N) is 2. The van der Waals surface area contributed by atoms with Crippen molar-refractivity contribution in [2.45, 2.75) is 24.8 Å². The molecule has 0 spiro atoms. The molecular formula is C14H17BrN2O2S2. The molecule has 1 aromatic carbocycles. The summed E-state index contributed by atoms with van der Waals surface area (Å²) in [5, 5.41) is 3.20. The van der Waals surface area contributed by atoms with Gasteiger partial charge in [0.05, 0.1) is 9.47 Å². The zero-order chi connectivity index (χ0) is 15.3. The lowest BCUT2D eigenvalue weighted by Crippen LogP contribution is -2.25. The molecule has 0 bridgehead atoms. The molecule has 0 aliphatic carbocycles. The lowest BCUT2D eigenvalue weighted by atomic mass is 10.3. The van der Waals surface area contributed by atoms with E-state index in [-0.39, 0.29) is 4.90 Å². The van der Waals surface area contributed by atoms with Crippen molar-refractivity contribution in [2.24, 2.45) is 0 Å². The minimum Gasteiger partial charge on any atom is -0.379 e. The highest BCUT2D eigenvalue weighted by atomic mass is 79.9. The van der Waals surface area contributed by atoms with Crippen LogP contribution < -0.4 is 10.0 Å². The first-order chi connectivity index (χ1) is 10.0. The molecule has 0 fully saturated rings. The second-order valence-corrected chi connectivity index (χ2v) is 8.74. The van der Waals surface area contributed by atoms with Gasteiger partial charge >= 0.3 is 0 Å². The van der Waals surface area contributed by atoms with Crippen LogP contribution >= 0.6 is 27.3 Å². The fourth-order valence-corrected chi connectivity index (χ4v) is 4.53. The van der Waals surface area contributed by atoms with Crippen LogP contribution in [-0.2, 0) is 16.6 Å². The third-order valence-electron chi connectivity index (χ3n) is 2.80. The Morgan fingerprint density at radius 2 is 1.95 bits per heavy atom. The first kappa shape index (κ1) is 16.5. The first-order valence-corrected chi connectivity index (χ1v) is 9.69. The second kappa shape index (κ2) is 7.40. The van der Waals surface area contributed by atoms with Gasteiger partial charge in [0, 0.05) is 18.0 Å². The van der Waals surface area contributed by atoms with E-state index >= 15 is 0 Å². The van der Waals surface area contributed by atoms with Gasteiger partial charge in [-0.2, -0.15) is 0 Å². The molecule has 2 N–H and O–H groups in total. The maximum absolute atomic E-state index is 12.3. The smallest absolute Gasteiger partial charge is 0.242 e.